The largest absolute Gasteiger partial charge is 0.493 e. The highest BCUT2D eigenvalue weighted by Gasteiger charge is 2.20. The fourth-order valence-electron chi connectivity index (χ4n) is 5.08. The van der Waals surface area contributed by atoms with Crippen molar-refractivity contribution in [3.05, 3.63) is 115 Å². The standard InChI is InChI=1S/2C19H23N3O6/c2*1-12(11-23)21-16-6-5-14(22(25)26)9-15(16)19(24)20-10-13-4-7-17(27-2)18(8-13)28-3/h2*4-9,12,21,23H,10-11H2,1-3H3,(H,20,24). The first-order valence-electron chi connectivity index (χ1n) is 17.1. The van der Waals surface area contributed by atoms with Crippen LogP contribution in [0.25, 0.3) is 0 Å². The second-order valence-corrected chi connectivity index (χ2v) is 12.2. The molecular formula is C38H46N6O12. The molecule has 0 saturated carbocycles. The molecule has 4 rings (SSSR count). The molecule has 2 unspecified atom stereocenters. The van der Waals surface area contributed by atoms with Gasteiger partial charge in [0.1, 0.15) is 0 Å². The summed E-state index contributed by atoms with van der Waals surface area (Å²) in [4.78, 5) is 46.3. The summed E-state index contributed by atoms with van der Waals surface area (Å²) in [5, 5.41) is 52.0. The molecule has 0 bridgehead atoms. The van der Waals surface area contributed by atoms with E-state index in [0.717, 1.165) is 11.1 Å². The van der Waals surface area contributed by atoms with Crippen LogP contribution < -0.4 is 40.2 Å². The first kappa shape index (κ1) is 43.7. The second kappa shape index (κ2) is 21.3. The summed E-state index contributed by atoms with van der Waals surface area (Å²) in [6.07, 6.45) is 0. The quantitative estimate of drug-likeness (QED) is 0.0594. The smallest absolute Gasteiger partial charge is 0.270 e. The average molecular weight is 779 g/mol. The molecule has 0 aliphatic carbocycles. The van der Waals surface area contributed by atoms with Gasteiger partial charge in [0.05, 0.1) is 62.6 Å². The first-order chi connectivity index (χ1) is 26.8. The van der Waals surface area contributed by atoms with Crippen molar-refractivity contribution in [2.45, 2.75) is 39.0 Å². The molecule has 2 atom stereocenters. The Morgan fingerprint density at radius 1 is 0.589 bits per heavy atom. The van der Waals surface area contributed by atoms with E-state index in [1.54, 1.807) is 50.2 Å². The van der Waals surface area contributed by atoms with Gasteiger partial charge in [0.2, 0.25) is 0 Å². The van der Waals surface area contributed by atoms with Crippen molar-refractivity contribution in [2.24, 2.45) is 0 Å². The van der Waals surface area contributed by atoms with E-state index in [-0.39, 0.29) is 60.9 Å². The van der Waals surface area contributed by atoms with Crippen molar-refractivity contribution in [3.8, 4) is 23.0 Å². The number of non-ortho nitro benzene ring substituents is 2. The molecule has 0 aliphatic rings. The van der Waals surface area contributed by atoms with Crippen LogP contribution in [-0.4, -0.2) is 85.6 Å². The Bertz CT molecular complexity index is 1850. The Morgan fingerprint density at radius 3 is 1.25 bits per heavy atom. The van der Waals surface area contributed by atoms with E-state index in [0.29, 0.717) is 34.4 Å². The zero-order valence-corrected chi connectivity index (χ0v) is 31.8. The maximum Gasteiger partial charge on any atom is 0.270 e. The molecule has 0 aromatic heterocycles. The highest BCUT2D eigenvalue weighted by atomic mass is 16.6. The number of benzene rings is 4. The SMILES string of the molecule is COc1ccc(CNC(=O)c2cc([N+](=O)[O-])ccc2NC(C)CO)cc1OC.COc1ccc(CNC(=O)c2cc([N+](=O)[O-])ccc2NC(C)CO)cc1OC. The van der Waals surface area contributed by atoms with Gasteiger partial charge in [-0.3, -0.25) is 29.8 Å². The van der Waals surface area contributed by atoms with Crippen molar-refractivity contribution in [3.63, 3.8) is 0 Å². The van der Waals surface area contributed by atoms with Gasteiger partial charge in [-0.1, -0.05) is 12.1 Å². The zero-order valence-electron chi connectivity index (χ0n) is 31.8. The van der Waals surface area contributed by atoms with Gasteiger partial charge in [-0.15, -0.1) is 0 Å². The number of hydrogen-bond donors (Lipinski definition) is 6. The lowest BCUT2D eigenvalue weighted by molar-refractivity contribution is -0.385. The van der Waals surface area contributed by atoms with E-state index in [4.69, 9.17) is 18.9 Å². The maximum absolute atomic E-state index is 12.7. The van der Waals surface area contributed by atoms with Crippen molar-refractivity contribution in [1.29, 1.82) is 0 Å². The van der Waals surface area contributed by atoms with Crippen LogP contribution in [0.1, 0.15) is 45.7 Å². The number of aliphatic hydroxyl groups excluding tert-OH is 2. The van der Waals surface area contributed by atoms with E-state index in [1.807, 2.05) is 0 Å². The van der Waals surface area contributed by atoms with Gasteiger partial charge in [-0.05, 0) is 61.4 Å². The average Bonchev–Trinajstić information content (AvgIpc) is 3.21. The third-order valence-electron chi connectivity index (χ3n) is 8.07. The molecule has 4 aromatic rings. The monoisotopic (exact) mass is 778 g/mol. The Kier molecular flexibility index (Phi) is 16.6. The van der Waals surface area contributed by atoms with E-state index in [9.17, 15) is 40.0 Å². The van der Waals surface area contributed by atoms with E-state index in [2.05, 4.69) is 21.3 Å². The number of ether oxygens (including phenoxy) is 4. The predicted molar refractivity (Wildman–Crippen MR) is 208 cm³/mol. The summed E-state index contributed by atoms with van der Waals surface area (Å²) in [7, 11) is 6.10. The number of anilines is 2. The van der Waals surface area contributed by atoms with Gasteiger partial charge in [0.25, 0.3) is 23.2 Å². The van der Waals surface area contributed by atoms with Crippen molar-refractivity contribution >= 4 is 34.6 Å². The number of nitro groups is 2. The van der Waals surface area contributed by atoms with Crippen LogP contribution in [-0.2, 0) is 13.1 Å². The van der Waals surface area contributed by atoms with Crippen LogP contribution in [0.5, 0.6) is 23.0 Å². The minimum absolute atomic E-state index is 0.120. The van der Waals surface area contributed by atoms with Gasteiger partial charge in [-0.2, -0.15) is 0 Å². The maximum atomic E-state index is 12.7. The second-order valence-electron chi connectivity index (χ2n) is 12.2. The van der Waals surface area contributed by atoms with Gasteiger partial charge >= 0.3 is 0 Å². The van der Waals surface area contributed by atoms with Gasteiger partial charge in [-0.25, -0.2) is 0 Å². The van der Waals surface area contributed by atoms with E-state index in [1.165, 1.54) is 64.8 Å². The number of nitro benzene ring substituents is 2. The molecule has 0 radical (unpaired) electrons. The van der Waals surface area contributed by atoms with Crippen LogP contribution in [0.15, 0.2) is 72.8 Å². The van der Waals surface area contributed by atoms with Gasteiger partial charge in [0.15, 0.2) is 23.0 Å². The number of aliphatic hydroxyl groups is 2. The number of carbonyl (C=O) groups excluding carboxylic acids is 2. The molecule has 2 amide bonds. The molecule has 0 fully saturated rings. The summed E-state index contributed by atoms with van der Waals surface area (Å²) < 4.78 is 20.8. The third kappa shape index (κ3) is 12.2. The van der Waals surface area contributed by atoms with Gasteiger partial charge in [0, 0.05) is 60.8 Å². The normalized spacial score (nSPS) is 11.4. The molecule has 56 heavy (non-hydrogen) atoms. The molecule has 300 valence electrons. The lowest BCUT2D eigenvalue weighted by Crippen LogP contribution is -2.26. The Balaban J connectivity index is 0.000000300. The molecule has 0 aliphatic heterocycles. The summed E-state index contributed by atoms with van der Waals surface area (Å²) in [6.45, 7) is 3.54. The molecule has 6 N–H and O–H groups in total. The number of amides is 2. The third-order valence-corrected chi connectivity index (χ3v) is 8.07. The zero-order chi connectivity index (χ0) is 41.4. The summed E-state index contributed by atoms with van der Waals surface area (Å²) in [6, 6.07) is 17.8. The molecule has 4 aromatic carbocycles. The number of nitrogens with one attached hydrogen (secondary N) is 4. The molecule has 0 saturated heterocycles. The first-order valence-corrected chi connectivity index (χ1v) is 17.1. The number of methoxy groups -OCH3 is 4. The highest BCUT2D eigenvalue weighted by molar-refractivity contribution is 6.01. The topological polar surface area (TPSA) is 246 Å². The Morgan fingerprint density at radius 2 is 0.946 bits per heavy atom. The summed E-state index contributed by atoms with van der Waals surface area (Å²) in [5.41, 5.74) is 2.19. The lowest BCUT2D eigenvalue weighted by Gasteiger charge is -2.16. The summed E-state index contributed by atoms with van der Waals surface area (Å²) >= 11 is 0. The van der Waals surface area contributed by atoms with Crippen molar-refractivity contribution in [2.75, 3.05) is 52.3 Å². The van der Waals surface area contributed by atoms with Crippen LogP contribution in [0.2, 0.25) is 0 Å². The number of hydrogen-bond acceptors (Lipinski definition) is 14. The minimum Gasteiger partial charge on any atom is -0.493 e. The van der Waals surface area contributed by atoms with Crippen molar-refractivity contribution in [1.82, 2.24) is 10.6 Å². The molecule has 18 heteroatoms. The predicted octanol–water partition coefficient (Wildman–Crippen LogP) is 4.67. The lowest BCUT2D eigenvalue weighted by atomic mass is 10.1. The van der Waals surface area contributed by atoms with Gasteiger partial charge < -0.3 is 50.4 Å². The van der Waals surface area contributed by atoms with E-state index >= 15 is 0 Å². The fraction of sp³-hybridized carbons (Fsp3) is 0.316. The highest BCUT2D eigenvalue weighted by Crippen LogP contribution is 2.29. The van der Waals surface area contributed by atoms with Crippen LogP contribution in [0, 0.1) is 20.2 Å². The number of carbonyl (C=O) groups is 2. The molecule has 0 heterocycles. The molecule has 0 spiro atoms. The Labute approximate surface area is 323 Å². The number of rotatable bonds is 18. The molecule has 18 nitrogen and oxygen atoms in total. The minimum atomic E-state index is -0.565. The van der Waals surface area contributed by atoms with Crippen molar-refractivity contribution < 1.29 is 48.6 Å². The van der Waals surface area contributed by atoms with Crippen LogP contribution >= 0.6 is 0 Å². The van der Waals surface area contributed by atoms with Crippen LogP contribution in [0.4, 0.5) is 22.7 Å². The Hall–Kier alpha value is -6.66. The van der Waals surface area contributed by atoms with Crippen LogP contribution in [0.3, 0.4) is 0 Å². The number of nitrogens with zero attached hydrogens (tertiary/aromatic N) is 2. The fourth-order valence-corrected chi connectivity index (χ4v) is 5.08. The summed E-state index contributed by atoms with van der Waals surface area (Å²) in [5.74, 6) is 1.24. The van der Waals surface area contributed by atoms with E-state index < -0.39 is 21.7 Å². The molecular weight excluding hydrogens is 732 g/mol.